The lowest BCUT2D eigenvalue weighted by molar-refractivity contribution is 0.103. The van der Waals surface area contributed by atoms with Crippen LogP contribution in [0.25, 0.3) is 43.7 Å². The number of ketones is 1. The van der Waals surface area contributed by atoms with Gasteiger partial charge in [-0.15, -0.1) is 0 Å². The zero-order chi connectivity index (χ0) is 31.7. The standard InChI is InChI=1S/C42H45NO2/c1-7-10-15-30(8-2)26-43-38-21-20-31(42(44)34-18-13-14-19-39(34)45-9-3)24-35(38)37-25-36(32-16-11-12-17-33(32)41(37)43)40-28(5)22-27(4)23-29(40)6/h11-14,16-25,30H,7-10,15,26H2,1-6H3. The van der Waals surface area contributed by atoms with Crippen molar-refractivity contribution >= 4 is 38.4 Å². The summed E-state index contributed by atoms with van der Waals surface area (Å²) in [6.45, 7) is 14.6. The minimum absolute atomic E-state index is 0.0116. The molecule has 1 unspecified atom stereocenters. The average molecular weight is 596 g/mol. The third-order valence-electron chi connectivity index (χ3n) is 9.49. The number of aryl methyl sites for hydroxylation is 3. The fraction of sp³-hybridized carbons (Fsp3) is 0.310. The molecule has 0 bridgehead atoms. The molecule has 1 aromatic heterocycles. The molecule has 0 fully saturated rings. The maximum Gasteiger partial charge on any atom is 0.196 e. The maximum absolute atomic E-state index is 14.0. The Labute approximate surface area is 267 Å². The van der Waals surface area contributed by atoms with Crippen LogP contribution in [0.1, 0.15) is 79.1 Å². The highest BCUT2D eigenvalue weighted by molar-refractivity contribution is 6.23. The first-order valence-corrected chi connectivity index (χ1v) is 16.7. The van der Waals surface area contributed by atoms with E-state index in [1.165, 1.54) is 74.3 Å². The largest absolute Gasteiger partial charge is 0.493 e. The van der Waals surface area contributed by atoms with Gasteiger partial charge in [0.25, 0.3) is 0 Å². The number of carbonyl (C=O) groups excluding carboxylic acids is 1. The highest BCUT2D eigenvalue weighted by atomic mass is 16.5. The minimum Gasteiger partial charge on any atom is -0.493 e. The molecule has 0 aliphatic rings. The molecule has 0 N–H and O–H groups in total. The van der Waals surface area contributed by atoms with Crippen LogP contribution in [0.4, 0.5) is 0 Å². The summed E-state index contributed by atoms with van der Waals surface area (Å²) in [4.78, 5) is 14.0. The summed E-state index contributed by atoms with van der Waals surface area (Å²) in [6, 6.07) is 29.7. The van der Waals surface area contributed by atoms with Crippen molar-refractivity contribution in [3.8, 4) is 16.9 Å². The number of unbranched alkanes of at least 4 members (excludes halogenated alkanes) is 1. The van der Waals surface area contributed by atoms with Gasteiger partial charge in [-0.1, -0.05) is 87.2 Å². The smallest absolute Gasteiger partial charge is 0.196 e. The third-order valence-corrected chi connectivity index (χ3v) is 9.49. The summed E-state index contributed by atoms with van der Waals surface area (Å²) >= 11 is 0. The first kappa shape index (κ1) is 30.6. The Bertz CT molecular complexity index is 2010. The molecule has 0 aliphatic carbocycles. The van der Waals surface area contributed by atoms with Gasteiger partial charge in [0, 0.05) is 33.8 Å². The van der Waals surface area contributed by atoms with Crippen LogP contribution in [0.15, 0.2) is 84.9 Å². The van der Waals surface area contributed by atoms with Crippen LogP contribution >= 0.6 is 0 Å². The molecule has 3 heteroatoms. The van der Waals surface area contributed by atoms with E-state index in [0.29, 0.717) is 29.4 Å². The van der Waals surface area contributed by atoms with Crippen molar-refractivity contribution in [1.29, 1.82) is 0 Å². The Morgan fingerprint density at radius 1 is 0.778 bits per heavy atom. The van der Waals surface area contributed by atoms with Crippen molar-refractivity contribution in [2.24, 2.45) is 5.92 Å². The average Bonchev–Trinajstić information content (AvgIpc) is 3.35. The van der Waals surface area contributed by atoms with Gasteiger partial charge in [0.2, 0.25) is 0 Å². The molecule has 45 heavy (non-hydrogen) atoms. The van der Waals surface area contributed by atoms with E-state index in [0.717, 1.165) is 18.4 Å². The summed E-state index contributed by atoms with van der Waals surface area (Å²) < 4.78 is 8.40. The number of benzene rings is 5. The fourth-order valence-electron chi connectivity index (χ4n) is 7.37. The first-order valence-electron chi connectivity index (χ1n) is 16.7. The summed E-state index contributed by atoms with van der Waals surface area (Å²) in [6.07, 6.45) is 4.81. The number of hydrogen-bond acceptors (Lipinski definition) is 2. The Morgan fingerprint density at radius 2 is 1.49 bits per heavy atom. The predicted octanol–water partition coefficient (Wildman–Crippen LogP) is 11.4. The van der Waals surface area contributed by atoms with Gasteiger partial charge < -0.3 is 9.30 Å². The van der Waals surface area contributed by atoms with Gasteiger partial charge in [-0.3, -0.25) is 4.79 Å². The van der Waals surface area contributed by atoms with Crippen LogP contribution < -0.4 is 4.74 Å². The molecule has 0 saturated heterocycles. The molecule has 3 nitrogen and oxygen atoms in total. The van der Waals surface area contributed by atoms with E-state index >= 15 is 0 Å². The second-order valence-electron chi connectivity index (χ2n) is 12.7. The number of rotatable bonds is 11. The number of para-hydroxylation sites is 1. The highest BCUT2D eigenvalue weighted by Crippen LogP contribution is 2.43. The number of aromatic nitrogens is 1. The quantitative estimate of drug-likeness (QED) is 0.140. The van der Waals surface area contributed by atoms with E-state index in [1.807, 2.05) is 37.3 Å². The van der Waals surface area contributed by atoms with Crippen LogP contribution in [-0.2, 0) is 6.54 Å². The molecule has 6 rings (SSSR count). The van der Waals surface area contributed by atoms with Gasteiger partial charge in [-0.05, 0) is 104 Å². The summed E-state index contributed by atoms with van der Waals surface area (Å²) in [7, 11) is 0. The molecule has 6 aromatic rings. The SMILES string of the molecule is CCCCC(CC)Cn1c2ccc(C(=O)c3ccccc3OCC)cc2c2cc(-c3c(C)cc(C)cc3C)c3ccccc3c21. The van der Waals surface area contributed by atoms with E-state index in [2.05, 4.69) is 93.8 Å². The molecule has 0 aliphatic heterocycles. The monoisotopic (exact) mass is 595 g/mol. The minimum atomic E-state index is -0.0116. The molecule has 5 aromatic carbocycles. The number of ether oxygens (including phenoxy) is 1. The van der Waals surface area contributed by atoms with Gasteiger partial charge in [0.15, 0.2) is 5.78 Å². The summed E-state index contributed by atoms with van der Waals surface area (Å²) in [5.74, 6) is 1.21. The number of nitrogens with zero attached hydrogens (tertiary/aromatic N) is 1. The fourth-order valence-corrected chi connectivity index (χ4v) is 7.37. The first-order chi connectivity index (χ1) is 21.9. The van der Waals surface area contributed by atoms with Crippen LogP contribution in [0, 0.1) is 26.7 Å². The van der Waals surface area contributed by atoms with Gasteiger partial charge in [-0.25, -0.2) is 0 Å². The van der Waals surface area contributed by atoms with Crippen molar-refractivity contribution in [2.45, 2.75) is 73.8 Å². The Morgan fingerprint density at radius 3 is 2.20 bits per heavy atom. The number of fused-ring (bicyclic) bond motifs is 5. The van der Waals surface area contributed by atoms with E-state index < -0.39 is 0 Å². The Kier molecular flexibility index (Phi) is 8.81. The molecular formula is C42H45NO2. The molecule has 230 valence electrons. The Balaban J connectivity index is 1.66. The normalized spacial score (nSPS) is 12.3. The summed E-state index contributed by atoms with van der Waals surface area (Å²) in [5.41, 5.74) is 10.1. The van der Waals surface area contributed by atoms with E-state index in [9.17, 15) is 4.79 Å². The van der Waals surface area contributed by atoms with Gasteiger partial charge in [0.05, 0.1) is 17.7 Å². The van der Waals surface area contributed by atoms with Crippen LogP contribution in [0.3, 0.4) is 0 Å². The molecule has 0 amide bonds. The highest BCUT2D eigenvalue weighted by Gasteiger charge is 2.22. The predicted molar refractivity (Wildman–Crippen MR) is 191 cm³/mol. The van der Waals surface area contributed by atoms with Crippen LogP contribution in [-0.4, -0.2) is 17.0 Å². The van der Waals surface area contributed by atoms with Gasteiger partial charge >= 0.3 is 0 Å². The van der Waals surface area contributed by atoms with Gasteiger partial charge in [-0.2, -0.15) is 0 Å². The van der Waals surface area contributed by atoms with Crippen molar-refractivity contribution in [3.63, 3.8) is 0 Å². The van der Waals surface area contributed by atoms with E-state index in [-0.39, 0.29) is 5.78 Å². The zero-order valence-electron chi connectivity index (χ0n) is 27.7. The second-order valence-corrected chi connectivity index (χ2v) is 12.7. The van der Waals surface area contributed by atoms with Gasteiger partial charge in [0.1, 0.15) is 5.75 Å². The number of carbonyl (C=O) groups is 1. The summed E-state index contributed by atoms with van der Waals surface area (Å²) in [5, 5.41) is 4.87. The molecule has 1 atom stereocenters. The maximum atomic E-state index is 14.0. The molecule has 1 heterocycles. The van der Waals surface area contributed by atoms with Crippen molar-refractivity contribution < 1.29 is 9.53 Å². The van der Waals surface area contributed by atoms with Crippen molar-refractivity contribution in [1.82, 2.24) is 4.57 Å². The van der Waals surface area contributed by atoms with Crippen LogP contribution in [0.2, 0.25) is 0 Å². The topological polar surface area (TPSA) is 31.2 Å². The molecule has 0 saturated carbocycles. The second kappa shape index (κ2) is 12.9. The van der Waals surface area contributed by atoms with Crippen molar-refractivity contribution in [2.75, 3.05) is 6.61 Å². The number of hydrogen-bond donors (Lipinski definition) is 0. The van der Waals surface area contributed by atoms with E-state index in [4.69, 9.17) is 4.74 Å². The lowest BCUT2D eigenvalue weighted by Gasteiger charge is -2.19. The Hall–Kier alpha value is -4.37. The van der Waals surface area contributed by atoms with Crippen molar-refractivity contribution in [3.05, 3.63) is 113 Å². The van der Waals surface area contributed by atoms with Crippen LogP contribution in [0.5, 0.6) is 5.75 Å². The molecule has 0 radical (unpaired) electrons. The molecule has 0 spiro atoms. The van der Waals surface area contributed by atoms with E-state index in [1.54, 1.807) is 0 Å². The zero-order valence-corrected chi connectivity index (χ0v) is 27.7. The lowest BCUT2D eigenvalue weighted by atomic mass is 9.89. The third kappa shape index (κ3) is 5.65. The lowest BCUT2D eigenvalue weighted by Crippen LogP contribution is -2.10. The molecular weight excluding hydrogens is 550 g/mol.